The first kappa shape index (κ1) is 15.8. The highest BCUT2D eigenvalue weighted by atomic mass is 35.5. The van der Waals surface area contributed by atoms with Gasteiger partial charge in [-0.1, -0.05) is 23.7 Å². The molecule has 0 heterocycles. The molecule has 2 N–H and O–H groups in total. The minimum Gasteiger partial charge on any atom is -0.481 e. The molecule has 5 heteroatoms. The summed E-state index contributed by atoms with van der Waals surface area (Å²) in [5, 5.41) is 12.6. The summed E-state index contributed by atoms with van der Waals surface area (Å²) >= 11 is 5.87. The summed E-state index contributed by atoms with van der Waals surface area (Å²) in [6, 6.07) is 7.17. The average Bonchev–Trinajstić information content (AvgIpc) is 2.88. The number of aliphatic carboxylic acids is 1. The molecule has 0 radical (unpaired) electrons. The monoisotopic (exact) mass is 309 g/mol. The van der Waals surface area contributed by atoms with Crippen molar-refractivity contribution in [2.24, 2.45) is 5.92 Å². The molecule has 114 valence electrons. The van der Waals surface area contributed by atoms with Crippen LogP contribution in [0.4, 0.5) is 0 Å². The van der Waals surface area contributed by atoms with Crippen LogP contribution in [-0.4, -0.2) is 23.0 Å². The third-order valence-electron chi connectivity index (χ3n) is 4.25. The normalized spacial score (nSPS) is 22.0. The molecule has 0 bridgehead atoms. The molecule has 0 saturated heterocycles. The number of benzene rings is 1. The number of rotatable bonds is 4. The van der Waals surface area contributed by atoms with Crippen LogP contribution >= 0.6 is 11.6 Å². The Balaban J connectivity index is 2.02. The molecule has 1 aromatic carbocycles. The molecule has 0 aromatic heterocycles. The molecule has 2 rings (SSSR count). The molecule has 1 amide bonds. The zero-order chi connectivity index (χ0) is 15.6. The van der Waals surface area contributed by atoms with Crippen molar-refractivity contribution in [2.45, 2.75) is 44.6 Å². The number of carbonyl (C=O) groups is 2. The lowest BCUT2D eigenvalue weighted by molar-refractivity contribution is -0.141. The van der Waals surface area contributed by atoms with E-state index >= 15 is 0 Å². The Labute approximate surface area is 129 Å². The van der Waals surface area contributed by atoms with Crippen molar-refractivity contribution in [3.05, 3.63) is 34.9 Å². The molecule has 0 aliphatic heterocycles. The maximum absolute atomic E-state index is 12.5. The average molecular weight is 310 g/mol. The zero-order valence-corrected chi connectivity index (χ0v) is 13.0. The summed E-state index contributed by atoms with van der Waals surface area (Å²) in [5.41, 5.74) is 0.212. The van der Waals surface area contributed by atoms with Crippen molar-refractivity contribution in [1.29, 1.82) is 0 Å². The maximum atomic E-state index is 12.5. The van der Waals surface area contributed by atoms with E-state index in [1.54, 1.807) is 12.1 Å². The first-order valence-corrected chi connectivity index (χ1v) is 7.48. The van der Waals surface area contributed by atoms with Gasteiger partial charge in [0.25, 0.3) is 0 Å². The Kier molecular flexibility index (Phi) is 4.57. The van der Waals surface area contributed by atoms with Crippen LogP contribution in [-0.2, 0) is 15.0 Å². The van der Waals surface area contributed by atoms with Crippen LogP contribution < -0.4 is 5.32 Å². The Morgan fingerprint density at radius 1 is 1.24 bits per heavy atom. The van der Waals surface area contributed by atoms with E-state index in [1.165, 1.54) is 0 Å². The quantitative estimate of drug-likeness (QED) is 0.898. The van der Waals surface area contributed by atoms with Gasteiger partial charge in [0.15, 0.2) is 0 Å². The number of carbonyl (C=O) groups excluding carboxylic acids is 1. The van der Waals surface area contributed by atoms with E-state index in [0.717, 1.165) is 12.0 Å². The van der Waals surface area contributed by atoms with Crippen LogP contribution in [0.5, 0.6) is 0 Å². The summed E-state index contributed by atoms with van der Waals surface area (Å²) in [5.74, 6) is -1.20. The van der Waals surface area contributed by atoms with Crippen LogP contribution in [0.15, 0.2) is 24.3 Å². The topological polar surface area (TPSA) is 66.4 Å². The minimum atomic E-state index is -0.774. The van der Waals surface area contributed by atoms with Gasteiger partial charge < -0.3 is 10.4 Å². The molecular formula is C16H20ClNO3. The van der Waals surface area contributed by atoms with Gasteiger partial charge in [0.2, 0.25) is 5.91 Å². The van der Waals surface area contributed by atoms with Gasteiger partial charge in [-0.2, -0.15) is 0 Å². The van der Waals surface area contributed by atoms with Gasteiger partial charge >= 0.3 is 5.97 Å². The summed E-state index contributed by atoms with van der Waals surface area (Å²) in [7, 11) is 0. The van der Waals surface area contributed by atoms with Crippen molar-refractivity contribution >= 4 is 23.5 Å². The van der Waals surface area contributed by atoms with E-state index in [-0.39, 0.29) is 17.9 Å². The predicted octanol–water partition coefficient (Wildman–Crippen LogP) is 2.99. The Hall–Kier alpha value is -1.55. The van der Waals surface area contributed by atoms with Gasteiger partial charge in [-0.3, -0.25) is 9.59 Å². The molecule has 21 heavy (non-hydrogen) atoms. The van der Waals surface area contributed by atoms with Crippen LogP contribution in [0.25, 0.3) is 0 Å². The van der Waals surface area contributed by atoms with Crippen molar-refractivity contribution in [1.82, 2.24) is 5.32 Å². The second kappa shape index (κ2) is 6.06. The van der Waals surface area contributed by atoms with Gasteiger partial charge in [0.05, 0.1) is 11.3 Å². The van der Waals surface area contributed by atoms with Crippen LogP contribution in [0.1, 0.15) is 38.7 Å². The Morgan fingerprint density at radius 2 is 1.86 bits per heavy atom. The summed E-state index contributed by atoms with van der Waals surface area (Å²) in [4.78, 5) is 23.4. The van der Waals surface area contributed by atoms with Crippen molar-refractivity contribution in [2.75, 3.05) is 0 Å². The van der Waals surface area contributed by atoms with E-state index in [0.29, 0.717) is 17.9 Å². The molecular weight excluding hydrogens is 290 g/mol. The van der Waals surface area contributed by atoms with E-state index < -0.39 is 11.4 Å². The minimum absolute atomic E-state index is 0.0508. The molecule has 1 aliphatic carbocycles. The number of carboxylic acids is 1. The fraction of sp³-hybridized carbons (Fsp3) is 0.500. The molecule has 1 aromatic rings. The van der Waals surface area contributed by atoms with Crippen molar-refractivity contribution < 1.29 is 14.7 Å². The van der Waals surface area contributed by atoms with E-state index in [9.17, 15) is 9.59 Å². The van der Waals surface area contributed by atoms with E-state index in [2.05, 4.69) is 5.32 Å². The van der Waals surface area contributed by atoms with Gasteiger partial charge in [0.1, 0.15) is 0 Å². The summed E-state index contributed by atoms with van der Waals surface area (Å²) in [6.07, 6.45) is 1.86. The first-order valence-electron chi connectivity index (χ1n) is 7.10. The third-order valence-corrected chi connectivity index (χ3v) is 4.50. The summed E-state index contributed by atoms with van der Waals surface area (Å²) < 4.78 is 0. The molecule has 0 spiro atoms. The van der Waals surface area contributed by atoms with E-state index in [1.807, 2.05) is 26.0 Å². The molecule has 0 unspecified atom stereocenters. The SMILES string of the molecule is CC(C)(C(=O)N[C@@H]1CC[C@H](C(=O)O)C1)c1ccc(Cl)cc1. The lowest BCUT2D eigenvalue weighted by Crippen LogP contribution is -2.44. The predicted molar refractivity (Wildman–Crippen MR) is 81.4 cm³/mol. The highest BCUT2D eigenvalue weighted by Crippen LogP contribution is 2.29. The van der Waals surface area contributed by atoms with Gasteiger partial charge in [-0.05, 0) is 50.8 Å². The smallest absolute Gasteiger partial charge is 0.306 e. The number of amides is 1. The third kappa shape index (κ3) is 3.56. The first-order chi connectivity index (χ1) is 9.80. The van der Waals surface area contributed by atoms with Crippen LogP contribution in [0.2, 0.25) is 5.02 Å². The standard InChI is InChI=1S/C16H20ClNO3/c1-16(2,11-4-6-12(17)7-5-11)15(21)18-13-8-3-10(9-13)14(19)20/h4-7,10,13H,3,8-9H2,1-2H3,(H,18,21)(H,19,20)/t10-,13+/m0/s1. The Bertz CT molecular complexity index is 539. The fourth-order valence-electron chi connectivity index (χ4n) is 2.70. The number of halogens is 1. The van der Waals surface area contributed by atoms with Crippen LogP contribution in [0, 0.1) is 5.92 Å². The summed E-state index contributed by atoms with van der Waals surface area (Å²) in [6.45, 7) is 3.71. The zero-order valence-electron chi connectivity index (χ0n) is 12.2. The van der Waals surface area contributed by atoms with Gasteiger partial charge in [-0.15, -0.1) is 0 Å². The number of carboxylic acid groups (broad SMARTS) is 1. The number of nitrogens with one attached hydrogen (secondary N) is 1. The maximum Gasteiger partial charge on any atom is 0.306 e. The lowest BCUT2D eigenvalue weighted by Gasteiger charge is -2.26. The molecule has 1 aliphatic rings. The Morgan fingerprint density at radius 3 is 2.38 bits per heavy atom. The lowest BCUT2D eigenvalue weighted by atomic mass is 9.83. The van der Waals surface area contributed by atoms with Crippen molar-refractivity contribution in [3.63, 3.8) is 0 Å². The second-order valence-electron chi connectivity index (χ2n) is 6.15. The second-order valence-corrected chi connectivity index (χ2v) is 6.59. The van der Waals surface area contributed by atoms with E-state index in [4.69, 9.17) is 16.7 Å². The highest BCUT2D eigenvalue weighted by molar-refractivity contribution is 6.30. The number of hydrogen-bond donors (Lipinski definition) is 2. The largest absolute Gasteiger partial charge is 0.481 e. The fourth-order valence-corrected chi connectivity index (χ4v) is 2.83. The van der Waals surface area contributed by atoms with Gasteiger partial charge in [0, 0.05) is 11.1 Å². The molecule has 1 saturated carbocycles. The molecule has 1 fully saturated rings. The highest BCUT2D eigenvalue weighted by Gasteiger charge is 2.35. The molecule has 2 atom stereocenters. The van der Waals surface area contributed by atoms with Crippen molar-refractivity contribution in [3.8, 4) is 0 Å². The molecule has 4 nitrogen and oxygen atoms in total. The number of hydrogen-bond acceptors (Lipinski definition) is 2. The van der Waals surface area contributed by atoms with Crippen LogP contribution in [0.3, 0.4) is 0 Å². The van der Waals surface area contributed by atoms with Gasteiger partial charge in [-0.25, -0.2) is 0 Å².